The van der Waals surface area contributed by atoms with E-state index in [1.54, 1.807) is 0 Å². The third-order valence-corrected chi connectivity index (χ3v) is 2.67. The van der Waals surface area contributed by atoms with Gasteiger partial charge in [-0.1, -0.05) is 38.5 Å². The first-order chi connectivity index (χ1) is 8.27. The summed E-state index contributed by atoms with van der Waals surface area (Å²) in [5.74, 6) is -0.187. The Morgan fingerprint density at radius 1 is 1.00 bits per heavy atom. The van der Waals surface area contributed by atoms with Gasteiger partial charge in [0.1, 0.15) is 0 Å². The van der Waals surface area contributed by atoms with E-state index in [0.29, 0.717) is 13.2 Å². The zero-order chi connectivity index (χ0) is 12.8. The standard InChI is InChI=1S/C14H27O3/c1-14(16)17-13-11-9-7-5-3-2-4-6-8-10-12-15/h7,15H,2-6,8-13H2,1H3. The van der Waals surface area contributed by atoms with Crippen molar-refractivity contribution < 1.29 is 14.6 Å². The number of rotatable bonds is 12. The fourth-order valence-electron chi connectivity index (χ4n) is 1.70. The molecular weight excluding hydrogens is 216 g/mol. The summed E-state index contributed by atoms with van der Waals surface area (Å²) in [6.07, 6.45) is 12.6. The Morgan fingerprint density at radius 3 is 2.24 bits per heavy atom. The molecule has 0 aliphatic heterocycles. The van der Waals surface area contributed by atoms with Crippen molar-refractivity contribution in [2.75, 3.05) is 13.2 Å². The fourth-order valence-corrected chi connectivity index (χ4v) is 1.70. The first-order valence-corrected chi connectivity index (χ1v) is 6.83. The van der Waals surface area contributed by atoms with Crippen LogP contribution in [0.15, 0.2) is 0 Å². The number of aliphatic hydroxyl groups excluding tert-OH is 1. The normalized spacial score (nSPS) is 10.5. The molecule has 0 unspecified atom stereocenters. The number of hydrogen-bond acceptors (Lipinski definition) is 3. The summed E-state index contributed by atoms with van der Waals surface area (Å²) in [5, 5.41) is 8.61. The average Bonchev–Trinajstić information content (AvgIpc) is 2.30. The van der Waals surface area contributed by atoms with E-state index in [9.17, 15) is 4.79 Å². The van der Waals surface area contributed by atoms with Gasteiger partial charge >= 0.3 is 5.97 Å². The van der Waals surface area contributed by atoms with Crippen molar-refractivity contribution in [1.29, 1.82) is 0 Å². The lowest BCUT2D eigenvalue weighted by molar-refractivity contribution is -0.141. The van der Waals surface area contributed by atoms with Gasteiger partial charge < -0.3 is 9.84 Å². The van der Waals surface area contributed by atoms with Crippen molar-refractivity contribution in [3.8, 4) is 0 Å². The van der Waals surface area contributed by atoms with Gasteiger partial charge in [0.15, 0.2) is 0 Å². The van der Waals surface area contributed by atoms with Crippen LogP contribution in [0.25, 0.3) is 0 Å². The number of hydrogen-bond donors (Lipinski definition) is 1. The Kier molecular flexibility index (Phi) is 13.0. The van der Waals surface area contributed by atoms with E-state index in [1.807, 2.05) is 0 Å². The summed E-state index contributed by atoms with van der Waals surface area (Å²) >= 11 is 0. The number of ether oxygens (including phenoxy) is 1. The van der Waals surface area contributed by atoms with Crippen LogP contribution in [0.2, 0.25) is 0 Å². The number of unbranched alkanes of at least 4 members (excludes halogenated alkanes) is 9. The molecule has 0 amide bonds. The molecular formula is C14H27O3. The average molecular weight is 243 g/mol. The van der Waals surface area contributed by atoms with Gasteiger partial charge in [-0.05, 0) is 25.7 Å². The van der Waals surface area contributed by atoms with Crippen molar-refractivity contribution >= 4 is 5.97 Å². The lowest BCUT2D eigenvalue weighted by Crippen LogP contribution is -2.00. The molecule has 0 heterocycles. The Labute approximate surface area is 106 Å². The van der Waals surface area contributed by atoms with E-state index in [1.165, 1.54) is 39.0 Å². The fraction of sp³-hybridized carbons (Fsp3) is 0.857. The molecule has 1 N–H and O–H groups in total. The maximum absolute atomic E-state index is 10.5. The number of carbonyl (C=O) groups is 1. The van der Waals surface area contributed by atoms with Gasteiger partial charge in [-0.25, -0.2) is 0 Å². The van der Waals surface area contributed by atoms with Crippen LogP contribution in [0, 0.1) is 6.42 Å². The predicted octanol–water partition coefficient (Wildman–Crippen LogP) is 3.26. The van der Waals surface area contributed by atoms with E-state index in [0.717, 1.165) is 25.7 Å². The zero-order valence-electron chi connectivity index (χ0n) is 11.1. The first kappa shape index (κ1) is 16.4. The summed E-state index contributed by atoms with van der Waals surface area (Å²) in [4.78, 5) is 10.5. The highest BCUT2D eigenvalue weighted by Gasteiger charge is 1.95. The van der Waals surface area contributed by atoms with Gasteiger partial charge in [-0.2, -0.15) is 0 Å². The molecule has 1 radical (unpaired) electrons. The lowest BCUT2D eigenvalue weighted by Gasteiger charge is -2.02. The molecule has 3 nitrogen and oxygen atoms in total. The van der Waals surface area contributed by atoms with Gasteiger partial charge in [0, 0.05) is 13.5 Å². The topological polar surface area (TPSA) is 46.5 Å². The molecule has 101 valence electrons. The van der Waals surface area contributed by atoms with Gasteiger partial charge in [0.25, 0.3) is 0 Å². The van der Waals surface area contributed by atoms with Crippen LogP contribution in [0.4, 0.5) is 0 Å². The molecule has 0 rings (SSSR count). The molecule has 0 saturated heterocycles. The molecule has 0 atom stereocenters. The maximum atomic E-state index is 10.5. The smallest absolute Gasteiger partial charge is 0.302 e. The summed E-state index contributed by atoms with van der Waals surface area (Å²) in [5.41, 5.74) is 0. The summed E-state index contributed by atoms with van der Waals surface area (Å²) in [6.45, 7) is 2.32. The second kappa shape index (κ2) is 13.5. The van der Waals surface area contributed by atoms with Crippen molar-refractivity contribution in [2.24, 2.45) is 0 Å². The van der Waals surface area contributed by atoms with Gasteiger partial charge in [-0.3, -0.25) is 4.79 Å². The highest BCUT2D eigenvalue weighted by atomic mass is 16.5. The van der Waals surface area contributed by atoms with Crippen molar-refractivity contribution in [2.45, 2.75) is 64.7 Å². The van der Waals surface area contributed by atoms with Crippen molar-refractivity contribution in [3.05, 3.63) is 6.42 Å². The number of carbonyl (C=O) groups excluding carboxylic acids is 1. The van der Waals surface area contributed by atoms with Crippen LogP contribution in [0.3, 0.4) is 0 Å². The number of aliphatic hydroxyl groups is 1. The summed E-state index contributed by atoms with van der Waals surface area (Å²) in [7, 11) is 0. The Hall–Kier alpha value is -0.570. The monoisotopic (exact) mass is 243 g/mol. The molecule has 0 aliphatic rings. The van der Waals surface area contributed by atoms with Gasteiger partial charge in [0.2, 0.25) is 0 Å². The lowest BCUT2D eigenvalue weighted by atomic mass is 10.1. The maximum Gasteiger partial charge on any atom is 0.302 e. The van der Waals surface area contributed by atoms with Crippen LogP contribution in [0.5, 0.6) is 0 Å². The van der Waals surface area contributed by atoms with Crippen LogP contribution in [0.1, 0.15) is 64.7 Å². The van der Waals surface area contributed by atoms with Crippen LogP contribution < -0.4 is 0 Å². The van der Waals surface area contributed by atoms with E-state index in [-0.39, 0.29) is 5.97 Å². The Balaban J connectivity index is 2.91. The molecule has 0 saturated carbocycles. The summed E-state index contributed by atoms with van der Waals surface area (Å²) in [6, 6.07) is 0. The minimum absolute atomic E-state index is 0.187. The molecule has 0 aromatic heterocycles. The molecule has 0 aliphatic carbocycles. The second-order valence-corrected chi connectivity index (χ2v) is 4.40. The van der Waals surface area contributed by atoms with E-state index >= 15 is 0 Å². The molecule has 3 heteroatoms. The third kappa shape index (κ3) is 15.4. The van der Waals surface area contributed by atoms with Gasteiger partial charge in [-0.15, -0.1) is 0 Å². The minimum atomic E-state index is -0.187. The first-order valence-electron chi connectivity index (χ1n) is 6.83. The van der Waals surface area contributed by atoms with Crippen LogP contribution in [-0.4, -0.2) is 24.3 Å². The van der Waals surface area contributed by atoms with E-state index in [4.69, 9.17) is 9.84 Å². The highest BCUT2D eigenvalue weighted by molar-refractivity contribution is 5.65. The third-order valence-electron chi connectivity index (χ3n) is 2.67. The Morgan fingerprint density at radius 2 is 1.59 bits per heavy atom. The quantitative estimate of drug-likeness (QED) is 0.423. The minimum Gasteiger partial charge on any atom is -0.466 e. The zero-order valence-corrected chi connectivity index (χ0v) is 11.1. The summed E-state index contributed by atoms with van der Waals surface area (Å²) < 4.78 is 4.85. The second-order valence-electron chi connectivity index (χ2n) is 4.40. The predicted molar refractivity (Wildman–Crippen MR) is 69.6 cm³/mol. The van der Waals surface area contributed by atoms with Crippen molar-refractivity contribution in [3.63, 3.8) is 0 Å². The SMILES string of the molecule is CC(=O)OCCC[CH]CCCCCCCCO. The van der Waals surface area contributed by atoms with E-state index in [2.05, 4.69) is 6.42 Å². The molecule has 0 aromatic rings. The largest absolute Gasteiger partial charge is 0.466 e. The Bertz CT molecular complexity index is 169. The van der Waals surface area contributed by atoms with Crippen molar-refractivity contribution in [1.82, 2.24) is 0 Å². The van der Waals surface area contributed by atoms with Gasteiger partial charge in [0.05, 0.1) is 6.61 Å². The van der Waals surface area contributed by atoms with Crippen LogP contribution in [-0.2, 0) is 9.53 Å². The van der Waals surface area contributed by atoms with E-state index < -0.39 is 0 Å². The number of esters is 1. The molecule has 0 aromatic carbocycles. The molecule has 0 spiro atoms. The van der Waals surface area contributed by atoms with Crippen LogP contribution >= 0.6 is 0 Å². The molecule has 0 bridgehead atoms. The molecule has 17 heavy (non-hydrogen) atoms. The molecule has 0 fully saturated rings. The highest BCUT2D eigenvalue weighted by Crippen LogP contribution is 2.09.